The number of carbonyl (C=O) groups excluding carboxylic acids is 1. The molecule has 0 aliphatic carbocycles. The molecule has 5 heteroatoms. The van der Waals surface area contributed by atoms with Crippen LogP contribution in [0.15, 0.2) is 24.3 Å². The molecule has 1 aliphatic rings. The van der Waals surface area contributed by atoms with E-state index in [1.807, 2.05) is 13.0 Å². The molecule has 1 fully saturated rings. The van der Waals surface area contributed by atoms with Crippen molar-refractivity contribution in [2.45, 2.75) is 13.0 Å². The fourth-order valence-corrected chi connectivity index (χ4v) is 1.96. The average molecular weight is 260 g/mol. The van der Waals surface area contributed by atoms with Gasteiger partial charge < -0.3 is 14.4 Å². The molecule has 1 aromatic rings. The van der Waals surface area contributed by atoms with Crippen LogP contribution in [0, 0.1) is 11.3 Å². The lowest BCUT2D eigenvalue weighted by atomic mass is 10.2. The largest absolute Gasteiger partial charge is 0.482 e. The number of nitrogens with zero attached hydrogens (tertiary/aromatic N) is 2. The third kappa shape index (κ3) is 3.46. The lowest BCUT2D eigenvalue weighted by Gasteiger charge is -2.31. The van der Waals surface area contributed by atoms with E-state index in [-0.39, 0.29) is 18.6 Å². The second-order valence-corrected chi connectivity index (χ2v) is 4.42. The highest BCUT2D eigenvalue weighted by molar-refractivity contribution is 5.78. The summed E-state index contributed by atoms with van der Waals surface area (Å²) in [5.41, 5.74) is 0.436. The van der Waals surface area contributed by atoms with Crippen molar-refractivity contribution in [1.29, 1.82) is 5.26 Å². The maximum Gasteiger partial charge on any atom is 0.260 e. The van der Waals surface area contributed by atoms with Crippen LogP contribution < -0.4 is 4.74 Å². The molecular formula is C14H16N2O3. The van der Waals surface area contributed by atoms with Crippen LogP contribution in [0.25, 0.3) is 0 Å². The number of morpholine rings is 1. The smallest absolute Gasteiger partial charge is 0.260 e. The summed E-state index contributed by atoms with van der Waals surface area (Å²) in [5.74, 6) is 0.363. The molecule has 1 aliphatic heterocycles. The number of hydrogen-bond acceptors (Lipinski definition) is 4. The minimum absolute atomic E-state index is 0.0502. The minimum Gasteiger partial charge on any atom is -0.482 e. The third-order valence-corrected chi connectivity index (χ3v) is 2.95. The summed E-state index contributed by atoms with van der Waals surface area (Å²) in [6.45, 7) is 3.62. The van der Waals surface area contributed by atoms with Gasteiger partial charge in [-0.3, -0.25) is 4.79 Å². The van der Waals surface area contributed by atoms with Crippen LogP contribution in [0.1, 0.15) is 12.5 Å². The molecule has 2 rings (SSSR count). The van der Waals surface area contributed by atoms with Gasteiger partial charge in [-0.25, -0.2) is 0 Å². The molecule has 1 aromatic carbocycles. The molecule has 19 heavy (non-hydrogen) atoms. The summed E-state index contributed by atoms with van der Waals surface area (Å²) >= 11 is 0. The molecule has 5 nitrogen and oxygen atoms in total. The van der Waals surface area contributed by atoms with Crippen molar-refractivity contribution in [2.24, 2.45) is 0 Å². The first-order chi connectivity index (χ1) is 9.20. The molecule has 0 unspecified atom stereocenters. The first-order valence-corrected chi connectivity index (χ1v) is 6.22. The van der Waals surface area contributed by atoms with Crippen molar-refractivity contribution in [1.82, 2.24) is 4.90 Å². The van der Waals surface area contributed by atoms with Gasteiger partial charge in [-0.05, 0) is 19.1 Å². The number of amides is 1. The monoisotopic (exact) mass is 260 g/mol. The van der Waals surface area contributed by atoms with E-state index in [1.54, 1.807) is 29.2 Å². The molecule has 0 N–H and O–H groups in total. The van der Waals surface area contributed by atoms with Crippen LogP contribution in [0.5, 0.6) is 5.75 Å². The maximum atomic E-state index is 12.0. The Labute approximate surface area is 112 Å². The predicted molar refractivity (Wildman–Crippen MR) is 68.6 cm³/mol. The highest BCUT2D eigenvalue weighted by Crippen LogP contribution is 2.16. The van der Waals surface area contributed by atoms with Crippen molar-refractivity contribution in [3.8, 4) is 11.8 Å². The Balaban J connectivity index is 1.91. The molecule has 1 heterocycles. The number of rotatable bonds is 3. The number of carbonyl (C=O) groups is 1. The van der Waals surface area contributed by atoms with Crippen molar-refractivity contribution in [2.75, 3.05) is 26.3 Å². The van der Waals surface area contributed by atoms with Crippen LogP contribution in [-0.4, -0.2) is 43.2 Å². The zero-order valence-electron chi connectivity index (χ0n) is 10.8. The van der Waals surface area contributed by atoms with Crippen LogP contribution in [0.4, 0.5) is 0 Å². The molecule has 100 valence electrons. The van der Waals surface area contributed by atoms with E-state index in [1.165, 1.54) is 0 Å². The van der Waals surface area contributed by atoms with E-state index in [0.717, 1.165) is 0 Å². The van der Waals surface area contributed by atoms with E-state index in [2.05, 4.69) is 0 Å². The molecule has 1 amide bonds. The van der Waals surface area contributed by atoms with Gasteiger partial charge in [0.05, 0.1) is 18.3 Å². The highest BCUT2D eigenvalue weighted by Gasteiger charge is 2.21. The lowest BCUT2D eigenvalue weighted by Crippen LogP contribution is -2.46. The Morgan fingerprint density at radius 2 is 2.37 bits per heavy atom. The summed E-state index contributed by atoms with van der Waals surface area (Å²) < 4.78 is 10.8. The number of ether oxygens (including phenoxy) is 2. The molecular weight excluding hydrogens is 244 g/mol. The van der Waals surface area contributed by atoms with Gasteiger partial charge in [0.25, 0.3) is 5.91 Å². The first-order valence-electron chi connectivity index (χ1n) is 6.22. The molecule has 0 bridgehead atoms. The van der Waals surface area contributed by atoms with Crippen LogP contribution in [0.2, 0.25) is 0 Å². The van der Waals surface area contributed by atoms with Gasteiger partial charge in [-0.15, -0.1) is 0 Å². The van der Waals surface area contributed by atoms with Crippen molar-refractivity contribution in [3.63, 3.8) is 0 Å². The average Bonchev–Trinajstić information content (AvgIpc) is 2.45. The molecule has 0 aromatic heterocycles. The summed E-state index contributed by atoms with van der Waals surface area (Å²) in [6.07, 6.45) is 0.0593. The molecule has 0 radical (unpaired) electrons. The van der Waals surface area contributed by atoms with Crippen LogP contribution in [0.3, 0.4) is 0 Å². The SMILES string of the molecule is C[C@@H]1CN(C(=O)COc2ccccc2C#N)CCO1. The van der Waals surface area contributed by atoms with Crippen LogP contribution >= 0.6 is 0 Å². The number of para-hydroxylation sites is 1. The standard InChI is InChI=1S/C14H16N2O3/c1-11-9-16(6-7-18-11)14(17)10-19-13-5-3-2-4-12(13)8-15/h2-5,11H,6-7,9-10H2,1H3/t11-/m1/s1. The summed E-state index contributed by atoms with van der Waals surface area (Å²) in [5, 5.41) is 8.93. The number of nitriles is 1. The Hall–Kier alpha value is -2.06. The third-order valence-electron chi connectivity index (χ3n) is 2.95. The Morgan fingerprint density at radius 1 is 1.58 bits per heavy atom. The van der Waals surface area contributed by atoms with Gasteiger partial charge >= 0.3 is 0 Å². The summed E-state index contributed by atoms with van der Waals surface area (Å²) in [7, 11) is 0. The lowest BCUT2D eigenvalue weighted by molar-refractivity contribution is -0.140. The van der Waals surface area contributed by atoms with Gasteiger partial charge in [0.2, 0.25) is 0 Å². The van der Waals surface area contributed by atoms with Gasteiger partial charge in [0, 0.05) is 13.1 Å². The quantitative estimate of drug-likeness (QED) is 0.818. The Kier molecular flexibility index (Phi) is 4.37. The normalized spacial score (nSPS) is 18.7. The van der Waals surface area contributed by atoms with E-state index < -0.39 is 0 Å². The van der Waals surface area contributed by atoms with E-state index in [9.17, 15) is 4.79 Å². The van der Waals surface area contributed by atoms with Gasteiger partial charge in [-0.2, -0.15) is 5.26 Å². The predicted octanol–water partition coefficient (Wildman–Crippen LogP) is 1.18. The van der Waals surface area contributed by atoms with Crippen molar-refractivity contribution in [3.05, 3.63) is 29.8 Å². The summed E-state index contributed by atoms with van der Waals surface area (Å²) in [6, 6.07) is 8.92. The van der Waals surface area contributed by atoms with Crippen molar-refractivity contribution < 1.29 is 14.3 Å². The Morgan fingerprint density at radius 3 is 3.11 bits per heavy atom. The van der Waals surface area contributed by atoms with E-state index in [0.29, 0.717) is 31.0 Å². The van der Waals surface area contributed by atoms with Crippen LogP contribution in [-0.2, 0) is 9.53 Å². The fraction of sp³-hybridized carbons (Fsp3) is 0.429. The number of hydrogen-bond donors (Lipinski definition) is 0. The first kappa shape index (κ1) is 13.4. The second-order valence-electron chi connectivity index (χ2n) is 4.42. The number of benzene rings is 1. The highest BCUT2D eigenvalue weighted by atomic mass is 16.5. The summed E-state index contributed by atoms with van der Waals surface area (Å²) in [4.78, 5) is 13.7. The molecule has 1 saturated heterocycles. The molecule has 1 atom stereocenters. The fourth-order valence-electron chi connectivity index (χ4n) is 1.96. The van der Waals surface area contributed by atoms with Gasteiger partial charge in [0.15, 0.2) is 6.61 Å². The second kappa shape index (κ2) is 6.21. The topological polar surface area (TPSA) is 62.6 Å². The Bertz CT molecular complexity index is 496. The maximum absolute atomic E-state index is 12.0. The van der Waals surface area contributed by atoms with Gasteiger partial charge in [-0.1, -0.05) is 12.1 Å². The van der Waals surface area contributed by atoms with E-state index in [4.69, 9.17) is 14.7 Å². The minimum atomic E-state index is -0.0807. The van der Waals surface area contributed by atoms with Gasteiger partial charge in [0.1, 0.15) is 11.8 Å². The molecule has 0 spiro atoms. The zero-order valence-corrected chi connectivity index (χ0v) is 10.8. The zero-order chi connectivity index (χ0) is 13.7. The van der Waals surface area contributed by atoms with Crippen molar-refractivity contribution >= 4 is 5.91 Å². The van der Waals surface area contributed by atoms with E-state index >= 15 is 0 Å². The molecule has 0 saturated carbocycles.